The quantitative estimate of drug-likeness (QED) is 0.737. The zero-order chi connectivity index (χ0) is 13.1. The number of halogens is 1. The second-order valence-electron chi connectivity index (χ2n) is 5.37. The van der Waals surface area contributed by atoms with Crippen molar-refractivity contribution in [2.24, 2.45) is 5.92 Å². The smallest absolute Gasteiger partial charge is 0.410 e. The van der Waals surface area contributed by atoms with E-state index in [-0.39, 0.29) is 17.8 Å². The molecule has 0 aromatic rings. The molecular weight excluding hydrogens is 286 g/mol. The van der Waals surface area contributed by atoms with E-state index in [9.17, 15) is 9.59 Å². The minimum atomic E-state index is -0.483. The van der Waals surface area contributed by atoms with Crippen LogP contribution in [0.5, 0.6) is 0 Å². The van der Waals surface area contributed by atoms with Crippen molar-refractivity contribution in [2.45, 2.75) is 39.2 Å². The Balaban J connectivity index is 2.55. The number of hydrogen-bond acceptors (Lipinski definition) is 3. The third-order valence-corrected chi connectivity index (χ3v) is 3.21. The van der Waals surface area contributed by atoms with Gasteiger partial charge in [0.2, 0.25) is 0 Å². The summed E-state index contributed by atoms with van der Waals surface area (Å²) in [6, 6.07) is 0. The van der Waals surface area contributed by atoms with Gasteiger partial charge in [0.05, 0.1) is 5.33 Å². The average molecular weight is 306 g/mol. The molecule has 1 aliphatic heterocycles. The van der Waals surface area contributed by atoms with Crippen LogP contribution in [-0.2, 0) is 9.53 Å². The molecule has 0 radical (unpaired) electrons. The molecule has 0 N–H and O–H groups in total. The number of carbonyl (C=O) groups is 2. The normalized spacial score (nSPS) is 21.2. The van der Waals surface area contributed by atoms with Gasteiger partial charge in [0, 0.05) is 19.0 Å². The van der Waals surface area contributed by atoms with E-state index >= 15 is 0 Å². The van der Waals surface area contributed by atoms with Crippen molar-refractivity contribution >= 4 is 27.8 Å². The van der Waals surface area contributed by atoms with Crippen molar-refractivity contribution in [1.29, 1.82) is 0 Å². The van der Waals surface area contributed by atoms with Gasteiger partial charge >= 0.3 is 6.09 Å². The standard InChI is InChI=1S/C12H20BrNO3/c1-12(2,3)17-11(16)14-6-4-5-9(8-14)10(15)7-13/h9H,4-8H2,1-3H3/t9-/m1/s1. The lowest BCUT2D eigenvalue weighted by atomic mass is 9.95. The topological polar surface area (TPSA) is 46.6 Å². The Kier molecular flexibility index (Phi) is 4.98. The van der Waals surface area contributed by atoms with Gasteiger partial charge in [-0.1, -0.05) is 15.9 Å². The summed E-state index contributed by atoms with van der Waals surface area (Å²) < 4.78 is 5.30. The van der Waals surface area contributed by atoms with Crippen molar-refractivity contribution in [3.8, 4) is 0 Å². The van der Waals surface area contributed by atoms with Crippen molar-refractivity contribution in [1.82, 2.24) is 4.90 Å². The number of piperidine rings is 1. The van der Waals surface area contributed by atoms with Crippen molar-refractivity contribution < 1.29 is 14.3 Å². The van der Waals surface area contributed by atoms with Crippen LogP contribution in [0.4, 0.5) is 4.79 Å². The highest BCUT2D eigenvalue weighted by Gasteiger charge is 2.30. The van der Waals surface area contributed by atoms with Crippen molar-refractivity contribution in [3.05, 3.63) is 0 Å². The van der Waals surface area contributed by atoms with E-state index in [1.165, 1.54) is 0 Å². The van der Waals surface area contributed by atoms with Crippen LogP contribution in [0.1, 0.15) is 33.6 Å². The third-order valence-electron chi connectivity index (χ3n) is 2.66. The molecule has 1 amide bonds. The molecule has 1 heterocycles. The Hall–Kier alpha value is -0.580. The van der Waals surface area contributed by atoms with Crippen LogP contribution in [0.2, 0.25) is 0 Å². The Morgan fingerprint density at radius 3 is 2.59 bits per heavy atom. The Labute approximate surface area is 111 Å². The molecule has 0 bridgehead atoms. The molecule has 5 heteroatoms. The fourth-order valence-corrected chi connectivity index (χ4v) is 2.30. The summed E-state index contributed by atoms with van der Waals surface area (Å²) in [6.07, 6.45) is 1.41. The van der Waals surface area contributed by atoms with E-state index in [2.05, 4.69) is 15.9 Å². The number of rotatable bonds is 2. The first-order valence-corrected chi connectivity index (χ1v) is 7.02. The molecule has 98 valence electrons. The second-order valence-corrected chi connectivity index (χ2v) is 5.93. The van der Waals surface area contributed by atoms with E-state index < -0.39 is 5.60 Å². The highest BCUT2D eigenvalue weighted by Crippen LogP contribution is 2.20. The molecule has 17 heavy (non-hydrogen) atoms. The number of ether oxygens (including phenoxy) is 1. The number of likely N-dealkylation sites (tertiary alicyclic amines) is 1. The molecule has 1 atom stereocenters. The summed E-state index contributed by atoms with van der Waals surface area (Å²) in [5, 5.41) is 0.361. The highest BCUT2D eigenvalue weighted by molar-refractivity contribution is 9.09. The van der Waals surface area contributed by atoms with Gasteiger partial charge in [-0.25, -0.2) is 4.79 Å². The van der Waals surface area contributed by atoms with Gasteiger partial charge in [0.1, 0.15) is 11.4 Å². The summed E-state index contributed by atoms with van der Waals surface area (Å²) >= 11 is 3.17. The number of carbonyl (C=O) groups excluding carboxylic acids is 2. The molecule has 1 fully saturated rings. The molecule has 0 unspecified atom stereocenters. The summed E-state index contributed by atoms with van der Waals surface area (Å²) in [4.78, 5) is 25.1. The first kappa shape index (κ1) is 14.5. The fourth-order valence-electron chi connectivity index (χ4n) is 1.84. The van der Waals surface area contributed by atoms with E-state index in [1.54, 1.807) is 4.90 Å². The lowest BCUT2D eigenvalue weighted by Crippen LogP contribution is -2.44. The molecule has 1 rings (SSSR count). The summed E-state index contributed by atoms with van der Waals surface area (Å²) in [5.74, 6) is 0.119. The number of alkyl halides is 1. The number of nitrogens with zero attached hydrogens (tertiary/aromatic N) is 1. The van der Waals surface area contributed by atoms with Crippen molar-refractivity contribution in [3.63, 3.8) is 0 Å². The van der Waals surface area contributed by atoms with Crippen LogP contribution in [0.15, 0.2) is 0 Å². The Morgan fingerprint density at radius 2 is 2.06 bits per heavy atom. The molecule has 0 spiro atoms. The molecule has 1 saturated heterocycles. The molecule has 4 nitrogen and oxygen atoms in total. The SMILES string of the molecule is CC(C)(C)OC(=O)N1CCC[C@@H](C(=O)CBr)C1. The van der Waals surface area contributed by atoms with Gasteiger partial charge in [-0.3, -0.25) is 4.79 Å². The molecule has 0 aliphatic carbocycles. The lowest BCUT2D eigenvalue weighted by Gasteiger charge is -2.33. The van der Waals surface area contributed by atoms with Gasteiger partial charge in [0.15, 0.2) is 0 Å². The monoisotopic (exact) mass is 305 g/mol. The first-order chi connectivity index (χ1) is 7.83. The zero-order valence-corrected chi connectivity index (χ0v) is 12.2. The van der Waals surface area contributed by atoms with Crippen LogP contribution in [-0.4, -0.2) is 40.8 Å². The number of Topliss-reactive ketones (excluding diaryl/α,β-unsaturated/α-hetero) is 1. The number of hydrogen-bond donors (Lipinski definition) is 0. The van der Waals surface area contributed by atoms with Crippen LogP contribution in [0.25, 0.3) is 0 Å². The minimum Gasteiger partial charge on any atom is -0.444 e. The highest BCUT2D eigenvalue weighted by atomic mass is 79.9. The average Bonchev–Trinajstić information content (AvgIpc) is 2.26. The van der Waals surface area contributed by atoms with E-state index in [1.807, 2.05) is 20.8 Å². The van der Waals surface area contributed by atoms with Crippen LogP contribution >= 0.6 is 15.9 Å². The summed E-state index contributed by atoms with van der Waals surface area (Å²) in [5.41, 5.74) is -0.483. The van der Waals surface area contributed by atoms with Crippen molar-refractivity contribution in [2.75, 3.05) is 18.4 Å². The molecule has 0 saturated carbocycles. The van der Waals surface area contributed by atoms with E-state index in [0.717, 1.165) is 12.8 Å². The lowest BCUT2D eigenvalue weighted by molar-refractivity contribution is -0.121. The maximum atomic E-state index is 11.9. The first-order valence-electron chi connectivity index (χ1n) is 5.90. The van der Waals surface area contributed by atoms with Crippen LogP contribution < -0.4 is 0 Å². The second kappa shape index (κ2) is 5.85. The molecule has 0 aromatic carbocycles. The molecular formula is C12H20BrNO3. The zero-order valence-electron chi connectivity index (χ0n) is 10.7. The van der Waals surface area contributed by atoms with Gasteiger partial charge in [-0.2, -0.15) is 0 Å². The number of ketones is 1. The molecule has 1 aliphatic rings. The molecule has 0 aromatic heterocycles. The summed E-state index contributed by atoms with van der Waals surface area (Å²) in [7, 11) is 0. The Bertz CT molecular complexity index is 299. The van der Waals surface area contributed by atoms with Crippen LogP contribution in [0, 0.1) is 5.92 Å². The third kappa shape index (κ3) is 4.66. The summed E-state index contributed by atoms with van der Waals surface area (Å²) in [6.45, 7) is 6.70. The van der Waals surface area contributed by atoms with Crippen LogP contribution in [0.3, 0.4) is 0 Å². The maximum absolute atomic E-state index is 11.9. The van der Waals surface area contributed by atoms with E-state index in [0.29, 0.717) is 18.4 Å². The fraction of sp³-hybridized carbons (Fsp3) is 0.833. The predicted octanol–water partition coefficient (Wildman–Crippen LogP) is 2.60. The predicted molar refractivity (Wildman–Crippen MR) is 69.3 cm³/mol. The van der Waals surface area contributed by atoms with E-state index in [4.69, 9.17) is 4.74 Å². The van der Waals surface area contributed by atoms with Gasteiger partial charge in [0.25, 0.3) is 0 Å². The largest absolute Gasteiger partial charge is 0.444 e. The minimum absolute atomic E-state index is 0.0457. The van der Waals surface area contributed by atoms with Gasteiger partial charge in [-0.05, 0) is 33.6 Å². The van der Waals surface area contributed by atoms with Gasteiger partial charge in [-0.15, -0.1) is 0 Å². The maximum Gasteiger partial charge on any atom is 0.410 e. The Morgan fingerprint density at radius 1 is 1.41 bits per heavy atom. The number of amides is 1. The van der Waals surface area contributed by atoms with Gasteiger partial charge < -0.3 is 9.64 Å².